The quantitative estimate of drug-likeness (QED) is 0.709. The molecule has 17 heavy (non-hydrogen) atoms. The van der Waals surface area contributed by atoms with Crippen molar-refractivity contribution in [3.63, 3.8) is 0 Å². The Balaban J connectivity index is 1.77. The van der Waals surface area contributed by atoms with Gasteiger partial charge in [0.25, 0.3) is 0 Å². The first-order valence-corrected chi connectivity index (χ1v) is 6.60. The van der Waals surface area contributed by atoms with Crippen LogP contribution in [0.5, 0.6) is 0 Å². The van der Waals surface area contributed by atoms with Gasteiger partial charge in [-0.05, 0) is 32.1 Å². The molecule has 4 heteroatoms. The van der Waals surface area contributed by atoms with Crippen LogP contribution in [0.1, 0.15) is 38.5 Å². The van der Waals surface area contributed by atoms with E-state index in [1.54, 1.807) is 7.11 Å². The highest BCUT2D eigenvalue weighted by atomic mass is 16.5. The Hall–Kier alpha value is -0.610. The van der Waals surface area contributed by atoms with Crippen LogP contribution in [-0.2, 0) is 19.0 Å². The minimum Gasteiger partial charge on any atom is -0.462 e. The van der Waals surface area contributed by atoms with E-state index in [0.717, 1.165) is 38.5 Å². The van der Waals surface area contributed by atoms with Crippen LogP contribution in [0.4, 0.5) is 0 Å². The molecule has 2 aliphatic rings. The number of carbonyl (C=O) groups excluding carboxylic acids is 1. The van der Waals surface area contributed by atoms with Gasteiger partial charge in [-0.25, -0.2) is 0 Å². The second kappa shape index (κ2) is 6.36. The molecule has 2 fully saturated rings. The molecule has 0 aromatic rings. The van der Waals surface area contributed by atoms with Crippen LogP contribution < -0.4 is 0 Å². The van der Waals surface area contributed by atoms with Crippen LogP contribution in [0.3, 0.4) is 0 Å². The van der Waals surface area contributed by atoms with Gasteiger partial charge < -0.3 is 14.2 Å². The number of ether oxygens (including phenoxy) is 3. The smallest absolute Gasteiger partial charge is 0.309 e. The maximum Gasteiger partial charge on any atom is 0.309 e. The summed E-state index contributed by atoms with van der Waals surface area (Å²) in [4.78, 5) is 11.9. The maximum absolute atomic E-state index is 11.9. The molecule has 1 saturated carbocycles. The Morgan fingerprint density at radius 2 is 1.82 bits per heavy atom. The molecule has 0 amide bonds. The molecular weight excluding hydrogens is 220 g/mol. The number of esters is 1. The molecule has 0 N–H and O–H groups in total. The van der Waals surface area contributed by atoms with Gasteiger partial charge in [0.15, 0.2) is 0 Å². The van der Waals surface area contributed by atoms with Gasteiger partial charge in [0.1, 0.15) is 6.10 Å². The molecule has 1 heterocycles. The number of methoxy groups -OCH3 is 1. The fraction of sp³-hybridized carbons (Fsp3) is 0.923. The topological polar surface area (TPSA) is 44.8 Å². The van der Waals surface area contributed by atoms with Crippen molar-refractivity contribution in [3.8, 4) is 0 Å². The van der Waals surface area contributed by atoms with Gasteiger partial charge >= 0.3 is 5.97 Å². The average molecular weight is 242 g/mol. The summed E-state index contributed by atoms with van der Waals surface area (Å²) in [5, 5.41) is 0. The lowest BCUT2D eigenvalue weighted by Crippen LogP contribution is -2.33. The van der Waals surface area contributed by atoms with Gasteiger partial charge in [-0.15, -0.1) is 0 Å². The Kier molecular flexibility index (Phi) is 4.80. The normalized spacial score (nSPS) is 31.1. The van der Waals surface area contributed by atoms with Crippen molar-refractivity contribution in [3.05, 3.63) is 0 Å². The van der Waals surface area contributed by atoms with Crippen LogP contribution in [0, 0.1) is 5.92 Å². The number of rotatable bonds is 3. The van der Waals surface area contributed by atoms with Gasteiger partial charge in [0, 0.05) is 26.7 Å². The maximum atomic E-state index is 11.9. The SMILES string of the molecule is COC1CCCC(OC(=O)C2CCOCC2)C1. The average Bonchev–Trinajstić information content (AvgIpc) is 2.40. The summed E-state index contributed by atoms with van der Waals surface area (Å²) in [7, 11) is 1.73. The molecule has 0 radical (unpaired) electrons. The van der Waals surface area contributed by atoms with Crippen molar-refractivity contribution in [2.24, 2.45) is 5.92 Å². The molecule has 1 aliphatic heterocycles. The monoisotopic (exact) mass is 242 g/mol. The van der Waals surface area contributed by atoms with Crippen molar-refractivity contribution in [1.82, 2.24) is 0 Å². The van der Waals surface area contributed by atoms with E-state index >= 15 is 0 Å². The molecule has 0 aromatic heterocycles. The summed E-state index contributed by atoms with van der Waals surface area (Å²) in [5.41, 5.74) is 0. The zero-order valence-electron chi connectivity index (χ0n) is 10.5. The molecule has 1 saturated heterocycles. The molecule has 0 aromatic carbocycles. The molecule has 2 atom stereocenters. The number of hydrogen-bond donors (Lipinski definition) is 0. The number of hydrogen-bond acceptors (Lipinski definition) is 4. The summed E-state index contributed by atoms with van der Waals surface area (Å²) in [6, 6.07) is 0. The summed E-state index contributed by atoms with van der Waals surface area (Å²) < 4.78 is 16.2. The highest BCUT2D eigenvalue weighted by molar-refractivity contribution is 5.72. The summed E-state index contributed by atoms with van der Waals surface area (Å²) in [6.07, 6.45) is 5.94. The third-order valence-electron chi connectivity index (χ3n) is 3.75. The van der Waals surface area contributed by atoms with Crippen LogP contribution in [0.2, 0.25) is 0 Å². The van der Waals surface area contributed by atoms with Crippen molar-refractivity contribution in [2.75, 3.05) is 20.3 Å². The lowest BCUT2D eigenvalue weighted by Gasteiger charge is -2.30. The highest BCUT2D eigenvalue weighted by Gasteiger charge is 2.29. The first-order valence-electron chi connectivity index (χ1n) is 6.60. The second-order valence-electron chi connectivity index (χ2n) is 4.97. The Bertz CT molecular complexity index is 248. The van der Waals surface area contributed by atoms with E-state index in [4.69, 9.17) is 14.2 Å². The first kappa shape index (κ1) is 12.8. The van der Waals surface area contributed by atoms with Gasteiger partial charge in [-0.1, -0.05) is 0 Å². The van der Waals surface area contributed by atoms with Crippen LogP contribution in [-0.4, -0.2) is 38.5 Å². The second-order valence-corrected chi connectivity index (χ2v) is 4.97. The fourth-order valence-corrected chi connectivity index (χ4v) is 2.62. The zero-order chi connectivity index (χ0) is 12.1. The van der Waals surface area contributed by atoms with E-state index in [2.05, 4.69) is 0 Å². The molecule has 98 valence electrons. The summed E-state index contributed by atoms with van der Waals surface area (Å²) in [6.45, 7) is 1.37. The Morgan fingerprint density at radius 3 is 2.53 bits per heavy atom. The van der Waals surface area contributed by atoms with E-state index in [1.807, 2.05) is 0 Å². The molecule has 2 rings (SSSR count). The Morgan fingerprint density at radius 1 is 1.12 bits per heavy atom. The lowest BCUT2D eigenvalue weighted by atomic mass is 9.94. The summed E-state index contributed by atoms with van der Waals surface area (Å²) in [5.74, 6) is 0.0155. The van der Waals surface area contributed by atoms with Crippen molar-refractivity contribution in [1.29, 1.82) is 0 Å². The van der Waals surface area contributed by atoms with Gasteiger partial charge in [0.2, 0.25) is 0 Å². The predicted molar refractivity (Wildman–Crippen MR) is 62.7 cm³/mol. The molecular formula is C13H22O4. The van der Waals surface area contributed by atoms with Crippen LogP contribution in [0.15, 0.2) is 0 Å². The summed E-state index contributed by atoms with van der Waals surface area (Å²) >= 11 is 0. The van der Waals surface area contributed by atoms with Crippen molar-refractivity contribution in [2.45, 2.75) is 50.7 Å². The standard InChI is InChI=1S/C13H22O4/c1-15-11-3-2-4-12(9-11)17-13(14)10-5-7-16-8-6-10/h10-12H,2-9H2,1H3. The lowest BCUT2D eigenvalue weighted by molar-refractivity contribution is -0.160. The minimum absolute atomic E-state index is 0.0324. The predicted octanol–water partition coefficient (Wildman–Crippen LogP) is 1.91. The van der Waals surface area contributed by atoms with E-state index < -0.39 is 0 Å². The molecule has 1 aliphatic carbocycles. The van der Waals surface area contributed by atoms with E-state index in [-0.39, 0.29) is 24.1 Å². The zero-order valence-corrected chi connectivity index (χ0v) is 10.5. The van der Waals surface area contributed by atoms with Crippen LogP contribution in [0.25, 0.3) is 0 Å². The third kappa shape index (κ3) is 3.68. The molecule has 0 bridgehead atoms. The van der Waals surface area contributed by atoms with Gasteiger partial charge in [0.05, 0.1) is 12.0 Å². The van der Waals surface area contributed by atoms with Gasteiger partial charge in [-0.3, -0.25) is 4.79 Å². The van der Waals surface area contributed by atoms with Crippen LogP contribution >= 0.6 is 0 Å². The minimum atomic E-state index is -0.0324. The largest absolute Gasteiger partial charge is 0.462 e. The highest BCUT2D eigenvalue weighted by Crippen LogP contribution is 2.25. The van der Waals surface area contributed by atoms with E-state index in [9.17, 15) is 4.79 Å². The van der Waals surface area contributed by atoms with Crippen molar-refractivity contribution < 1.29 is 19.0 Å². The third-order valence-corrected chi connectivity index (χ3v) is 3.75. The molecule has 4 nitrogen and oxygen atoms in total. The molecule has 0 spiro atoms. The fourth-order valence-electron chi connectivity index (χ4n) is 2.62. The first-order chi connectivity index (χ1) is 8.29. The van der Waals surface area contributed by atoms with E-state index in [0.29, 0.717) is 13.2 Å². The van der Waals surface area contributed by atoms with Crippen molar-refractivity contribution >= 4 is 5.97 Å². The van der Waals surface area contributed by atoms with E-state index in [1.165, 1.54) is 0 Å². The molecule has 2 unspecified atom stereocenters. The van der Waals surface area contributed by atoms with Gasteiger partial charge in [-0.2, -0.15) is 0 Å². The Labute approximate surface area is 103 Å². The number of carbonyl (C=O) groups is 1.